The van der Waals surface area contributed by atoms with E-state index >= 15 is 0 Å². The van der Waals surface area contributed by atoms with Crippen molar-refractivity contribution in [3.63, 3.8) is 0 Å². The fourth-order valence-electron chi connectivity index (χ4n) is 9.70. The molecule has 0 spiro atoms. The zero-order valence-electron chi connectivity index (χ0n) is 34.1. The van der Waals surface area contributed by atoms with Crippen LogP contribution in [0.3, 0.4) is 0 Å². The Morgan fingerprint density at radius 2 is 0.603 bits per heavy atom. The van der Waals surface area contributed by atoms with Gasteiger partial charge in [-0.15, -0.1) is 0 Å². The van der Waals surface area contributed by atoms with Crippen LogP contribution in [0.2, 0.25) is 0 Å². The second kappa shape index (κ2) is 14.0. The van der Waals surface area contributed by atoms with E-state index in [4.69, 9.17) is 9.97 Å². The molecular formula is C58H37N5. The Labute approximate surface area is 363 Å². The van der Waals surface area contributed by atoms with Gasteiger partial charge in [-0.25, -0.2) is 9.97 Å². The summed E-state index contributed by atoms with van der Waals surface area (Å²) in [6, 6.07) is 80.3. The number of rotatable bonds is 7. The van der Waals surface area contributed by atoms with Crippen LogP contribution in [0.25, 0.3) is 117 Å². The van der Waals surface area contributed by atoms with E-state index in [1.807, 2.05) is 0 Å². The molecule has 63 heavy (non-hydrogen) atoms. The minimum absolute atomic E-state index is 0.927. The molecule has 0 unspecified atom stereocenters. The van der Waals surface area contributed by atoms with E-state index in [0.717, 1.165) is 73.0 Å². The first-order valence-corrected chi connectivity index (χ1v) is 21.4. The summed E-state index contributed by atoms with van der Waals surface area (Å²) in [5.74, 6) is 1.85. The van der Waals surface area contributed by atoms with Crippen LogP contribution in [-0.4, -0.2) is 23.7 Å². The number of hydrogen-bond acceptors (Lipinski definition) is 2. The molecule has 0 atom stereocenters. The molecular weight excluding hydrogens is 767 g/mol. The minimum Gasteiger partial charge on any atom is -0.309 e. The summed E-state index contributed by atoms with van der Waals surface area (Å²) < 4.78 is 6.96. The molecule has 5 heteroatoms. The summed E-state index contributed by atoms with van der Waals surface area (Å²) >= 11 is 0. The van der Waals surface area contributed by atoms with Crippen molar-refractivity contribution in [2.75, 3.05) is 0 Å². The van der Waals surface area contributed by atoms with E-state index in [-0.39, 0.29) is 0 Å². The van der Waals surface area contributed by atoms with Gasteiger partial charge < -0.3 is 4.57 Å². The molecule has 5 nitrogen and oxygen atoms in total. The van der Waals surface area contributed by atoms with Crippen LogP contribution >= 0.6 is 0 Å². The largest absolute Gasteiger partial charge is 0.309 e. The van der Waals surface area contributed by atoms with Gasteiger partial charge >= 0.3 is 0 Å². The van der Waals surface area contributed by atoms with Crippen LogP contribution in [0.5, 0.6) is 0 Å². The number of para-hydroxylation sites is 7. The third-order valence-corrected chi connectivity index (χ3v) is 12.6. The number of benzene rings is 10. The third-order valence-electron chi connectivity index (χ3n) is 12.6. The van der Waals surface area contributed by atoms with E-state index in [0.29, 0.717) is 0 Å². The predicted molar refractivity (Wildman–Crippen MR) is 260 cm³/mol. The second-order valence-electron chi connectivity index (χ2n) is 16.3. The topological polar surface area (TPSA) is 40.6 Å². The van der Waals surface area contributed by atoms with Crippen molar-refractivity contribution < 1.29 is 0 Å². The molecule has 13 rings (SSSR count). The van der Waals surface area contributed by atoms with Gasteiger partial charge in [-0.1, -0.05) is 140 Å². The molecule has 0 fully saturated rings. The first-order chi connectivity index (χ1) is 31.2. The third kappa shape index (κ3) is 5.64. The zero-order valence-corrected chi connectivity index (χ0v) is 34.1. The lowest BCUT2D eigenvalue weighted by atomic mass is 9.95. The van der Waals surface area contributed by atoms with Crippen LogP contribution in [-0.2, 0) is 0 Å². The maximum absolute atomic E-state index is 5.12. The number of fused-ring (bicyclic) bond motifs is 2. The molecule has 0 saturated heterocycles. The maximum Gasteiger partial charge on any atom is 0.145 e. The summed E-state index contributed by atoms with van der Waals surface area (Å²) in [7, 11) is 0. The lowest BCUT2D eigenvalue weighted by Gasteiger charge is -2.12. The molecule has 0 amide bonds. The highest BCUT2D eigenvalue weighted by Gasteiger charge is 2.21. The van der Waals surface area contributed by atoms with Crippen molar-refractivity contribution in [2.24, 2.45) is 0 Å². The molecule has 0 bridgehead atoms. The molecule has 0 aliphatic heterocycles. The fourth-order valence-corrected chi connectivity index (χ4v) is 9.70. The van der Waals surface area contributed by atoms with Gasteiger partial charge in [-0.2, -0.15) is 0 Å². The first kappa shape index (κ1) is 35.2. The Balaban J connectivity index is 0.929. The number of nitrogens with zero attached hydrogens (tertiary/aromatic N) is 5. The Hall–Kier alpha value is -8.54. The van der Waals surface area contributed by atoms with Gasteiger partial charge in [0.05, 0.1) is 33.1 Å². The summed E-state index contributed by atoms with van der Waals surface area (Å²) in [6.45, 7) is 0. The zero-order chi connectivity index (χ0) is 41.4. The van der Waals surface area contributed by atoms with Crippen molar-refractivity contribution in [1.82, 2.24) is 23.7 Å². The smallest absolute Gasteiger partial charge is 0.145 e. The normalized spacial score (nSPS) is 11.8. The van der Waals surface area contributed by atoms with Crippen LogP contribution in [0, 0.1) is 0 Å². The maximum atomic E-state index is 5.12. The Kier molecular flexibility index (Phi) is 7.84. The van der Waals surface area contributed by atoms with Gasteiger partial charge in [0.25, 0.3) is 0 Å². The van der Waals surface area contributed by atoms with Crippen LogP contribution in [0.1, 0.15) is 0 Å². The molecule has 10 aromatic carbocycles. The lowest BCUT2D eigenvalue weighted by molar-refractivity contribution is 1.10. The van der Waals surface area contributed by atoms with Crippen molar-refractivity contribution in [2.45, 2.75) is 0 Å². The standard InChI is InChI=1S/C58H37N5/c1-4-14-46(15-5-1)61-53-36-44(38-24-28-40(29-25-38)57-59-49-20-10-12-22-51(49)62(57)47-16-6-2-7-17-47)34-42-32-33-43-35-45(37-54(61)56(43)55(42)53)39-26-30-41(31-27-39)58-60-50-21-11-13-23-52(50)63(58)48-18-8-3-9-19-48/h1-37H. The van der Waals surface area contributed by atoms with E-state index in [1.54, 1.807) is 0 Å². The average Bonchev–Trinajstić information content (AvgIpc) is 4.05. The van der Waals surface area contributed by atoms with Gasteiger partial charge in [0.1, 0.15) is 11.6 Å². The molecule has 3 aromatic heterocycles. The molecule has 0 aliphatic carbocycles. The lowest BCUT2D eigenvalue weighted by Crippen LogP contribution is -1.97. The minimum atomic E-state index is 0.927. The van der Waals surface area contributed by atoms with Gasteiger partial charge in [-0.3, -0.25) is 9.13 Å². The van der Waals surface area contributed by atoms with Crippen molar-refractivity contribution in [3.8, 4) is 62.1 Å². The van der Waals surface area contributed by atoms with E-state index < -0.39 is 0 Å². The highest BCUT2D eigenvalue weighted by molar-refractivity contribution is 6.25. The van der Waals surface area contributed by atoms with Gasteiger partial charge in [0.2, 0.25) is 0 Å². The average molecular weight is 804 g/mol. The Morgan fingerprint density at radius 3 is 1.02 bits per heavy atom. The van der Waals surface area contributed by atoms with Crippen LogP contribution < -0.4 is 0 Å². The van der Waals surface area contributed by atoms with E-state index in [2.05, 4.69) is 238 Å². The number of hydrogen-bond donors (Lipinski definition) is 0. The fraction of sp³-hybridized carbons (Fsp3) is 0. The van der Waals surface area contributed by atoms with Gasteiger partial charge in [-0.05, 0) is 118 Å². The highest BCUT2D eigenvalue weighted by Crippen LogP contribution is 2.44. The summed E-state index contributed by atoms with van der Waals surface area (Å²) in [6.07, 6.45) is 0. The predicted octanol–water partition coefficient (Wildman–Crippen LogP) is 14.7. The monoisotopic (exact) mass is 803 g/mol. The Morgan fingerprint density at radius 1 is 0.254 bits per heavy atom. The second-order valence-corrected chi connectivity index (χ2v) is 16.3. The molecule has 13 aromatic rings. The highest BCUT2D eigenvalue weighted by atomic mass is 15.1. The van der Waals surface area contributed by atoms with Crippen molar-refractivity contribution >= 4 is 54.6 Å². The molecule has 294 valence electrons. The quantitative estimate of drug-likeness (QED) is 0.151. The van der Waals surface area contributed by atoms with E-state index in [1.165, 1.54) is 43.7 Å². The van der Waals surface area contributed by atoms with Gasteiger partial charge in [0.15, 0.2) is 0 Å². The van der Waals surface area contributed by atoms with Crippen LogP contribution in [0.15, 0.2) is 224 Å². The first-order valence-electron chi connectivity index (χ1n) is 21.4. The number of aromatic nitrogens is 5. The van der Waals surface area contributed by atoms with Crippen molar-refractivity contribution in [3.05, 3.63) is 224 Å². The Bertz CT molecular complexity index is 3570. The van der Waals surface area contributed by atoms with Crippen LogP contribution in [0.4, 0.5) is 0 Å². The number of imidazole rings is 2. The van der Waals surface area contributed by atoms with Crippen molar-refractivity contribution in [1.29, 1.82) is 0 Å². The molecule has 3 heterocycles. The van der Waals surface area contributed by atoms with E-state index in [9.17, 15) is 0 Å². The summed E-state index contributed by atoms with van der Waals surface area (Å²) in [5, 5.41) is 5.01. The molecule has 0 N–H and O–H groups in total. The molecule has 0 aliphatic rings. The summed E-state index contributed by atoms with van der Waals surface area (Å²) in [4.78, 5) is 10.2. The summed E-state index contributed by atoms with van der Waals surface area (Å²) in [5.41, 5.74) is 16.6. The van der Waals surface area contributed by atoms with Gasteiger partial charge in [0, 0.05) is 39.0 Å². The SMILES string of the molecule is c1ccc(-n2c(-c3ccc(-c4cc5ccc6cc(-c7ccc(-c8nc9ccccc9n8-c8ccccc8)cc7)cc7c6c5c(c4)n7-c4ccccc4)cc3)nc3ccccc32)cc1. The molecule has 0 saturated carbocycles. The molecule has 0 radical (unpaired) electrons.